The first kappa shape index (κ1) is 14.7. The highest BCUT2D eigenvalue weighted by atomic mass is 16.6. The van der Waals surface area contributed by atoms with Gasteiger partial charge in [-0.25, -0.2) is 0 Å². The van der Waals surface area contributed by atoms with Gasteiger partial charge in [-0.1, -0.05) is 30.3 Å². The van der Waals surface area contributed by atoms with Crippen molar-refractivity contribution in [2.24, 2.45) is 0 Å². The zero-order valence-corrected chi connectivity index (χ0v) is 11.9. The smallest absolute Gasteiger partial charge is 0.323 e. The summed E-state index contributed by atoms with van der Waals surface area (Å²) in [4.78, 5) is 11.8. The van der Waals surface area contributed by atoms with Crippen molar-refractivity contribution in [3.8, 4) is 0 Å². The average molecular weight is 249 g/mol. The molecule has 0 aromatic heterocycles. The summed E-state index contributed by atoms with van der Waals surface area (Å²) in [6.45, 7) is 9.48. The first-order valence-corrected chi connectivity index (χ1v) is 6.33. The lowest BCUT2D eigenvalue weighted by molar-refractivity contribution is -0.157. The molecule has 0 amide bonds. The number of esters is 1. The van der Waals surface area contributed by atoms with Gasteiger partial charge in [-0.3, -0.25) is 10.1 Å². The van der Waals surface area contributed by atoms with E-state index < -0.39 is 5.60 Å². The van der Waals surface area contributed by atoms with E-state index in [0.717, 1.165) is 5.56 Å². The summed E-state index contributed by atoms with van der Waals surface area (Å²) in [6, 6.07) is 9.84. The Hall–Kier alpha value is -1.35. The van der Waals surface area contributed by atoms with Gasteiger partial charge in [0.25, 0.3) is 0 Å². The van der Waals surface area contributed by atoms with Crippen LogP contribution < -0.4 is 5.32 Å². The largest absolute Gasteiger partial charge is 0.459 e. The molecule has 0 aliphatic rings. The van der Waals surface area contributed by atoms with Crippen molar-refractivity contribution in [1.29, 1.82) is 0 Å². The van der Waals surface area contributed by atoms with Crippen LogP contribution in [0.2, 0.25) is 0 Å². The molecule has 1 N–H and O–H groups in total. The van der Waals surface area contributed by atoms with Crippen LogP contribution in [0.4, 0.5) is 0 Å². The summed E-state index contributed by atoms with van der Waals surface area (Å²) >= 11 is 0. The van der Waals surface area contributed by atoms with Crippen LogP contribution in [0, 0.1) is 0 Å². The fourth-order valence-electron chi connectivity index (χ4n) is 1.67. The summed E-state index contributed by atoms with van der Waals surface area (Å²) < 4.78 is 5.33. The third kappa shape index (κ3) is 4.88. The Kier molecular flexibility index (Phi) is 4.91. The van der Waals surface area contributed by atoms with E-state index in [9.17, 15) is 4.79 Å². The molecule has 100 valence electrons. The molecule has 3 heteroatoms. The predicted octanol–water partition coefficient (Wildman–Crippen LogP) is 3.07. The molecule has 0 spiro atoms. The van der Waals surface area contributed by atoms with Crippen LogP contribution in [0.1, 0.15) is 46.2 Å². The van der Waals surface area contributed by atoms with Crippen LogP contribution in [-0.2, 0) is 9.53 Å². The maximum absolute atomic E-state index is 11.8. The second-order valence-electron chi connectivity index (χ2n) is 5.55. The quantitative estimate of drug-likeness (QED) is 0.833. The fourth-order valence-corrected chi connectivity index (χ4v) is 1.67. The van der Waals surface area contributed by atoms with Gasteiger partial charge in [-0.05, 0) is 40.2 Å². The molecule has 3 nitrogen and oxygen atoms in total. The summed E-state index contributed by atoms with van der Waals surface area (Å²) in [6.07, 6.45) is 0. The lowest BCUT2D eigenvalue weighted by Gasteiger charge is -2.24. The second kappa shape index (κ2) is 6.01. The molecule has 0 aliphatic heterocycles. The van der Waals surface area contributed by atoms with Crippen molar-refractivity contribution in [3.63, 3.8) is 0 Å². The molecule has 18 heavy (non-hydrogen) atoms. The van der Waals surface area contributed by atoms with Crippen LogP contribution in [0.15, 0.2) is 30.3 Å². The van der Waals surface area contributed by atoms with Gasteiger partial charge >= 0.3 is 5.97 Å². The molecule has 0 radical (unpaired) electrons. The first-order chi connectivity index (χ1) is 8.29. The Balaban J connectivity index is 2.55. The first-order valence-electron chi connectivity index (χ1n) is 6.33. The van der Waals surface area contributed by atoms with Gasteiger partial charge in [0.2, 0.25) is 0 Å². The normalized spacial score (nSPS) is 14.9. The topological polar surface area (TPSA) is 38.3 Å². The zero-order valence-electron chi connectivity index (χ0n) is 11.9. The minimum Gasteiger partial charge on any atom is -0.459 e. The number of hydrogen-bond acceptors (Lipinski definition) is 3. The Morgan fingerprint density at radius 1 is 1.17 bits per heavy atom. The van der Waals surface area contributed by atoms with E-state index in [4.69, 9.17) is 4.74 Å². The third-order valence-corrected chi connectivity index (χ3v) is 2.56. The predicted molar refractivity (Wildman–Crippen MR) is 73.3 cm³/mol. The van der Waals surface area contributed by atoms with Crippen LogP contribution >= 0.6 is 0 Å². The number of nitrogens with one attached hydrogen (secondary N) is 1. The van der Waals surface area contributed by atoms with Gasteiger partial charge in [0.1, 0.15) is 11.6 Å². The van der Waals surface area contributed by atoms with Gasteiger partial charge in [0.15, 0.2) is 0 Å². The Morgan fingerprint density at radius 2 is 1.72 bits per heavy atom. The maximum Gasteiger partial charge on any atom is 0.323 e. The lowest BCUT2D eigenvalue weighted by Crippen LogP contribution is -2.40. The molecule has 1 aromatic rings. The zero-order chi connectivity index (χ0) is 13.8. The number of benzene rings is 1. The molecular weight excluding hydrogens is 226 g/mol. The monoisotopic (exact) mass is 249 g/mol. The van der Waals surface area contributed by atoms with Gasteiger partial charge < -0.3 is 4.74 Å². The third-order valence-electron chi connectivity index (χ3n) is 2.56. The standard InChI is InChI=1S/C15H23NO2/c1-11(13-9-7-6-8-10-13)16-12(2)14(17)18-15(3,4)5/h6-12,16H,1-5H3/t11-,12?/m0/s1. The fraction of sp³-hybridized carbons (Fsp3) is 0.533. The molecule has 0 aliphatic carbocycles. The van der Waals surface area contributed by atoms with Crippen LogP contribution in [-0.4, -0.2) is 17.6 Å². The summed E-state index contributed by atoms with van der Waals surface area (Å²) in [5, 5.41) is 3.24. The highest BCUT2D eigenvalue weighted by Crippen LogP contribution is 2.14. The molecule has 1 rings (SSSR count). The average Bonchev–Trinajstić information content (AvgIpc) is 2.27. The highest BCUT2D eigenvalue weighted by Gasteiger charge is 2.22. The van der Waals surface area contributed by atoms with Gasteiger partial charge in [0.05, 0.1) is 0 Å². The van der Waals surface area contributed by atoms with E-state index in [-0.39, 0.29) is 18.1 Å². The molecule has 0 bridgehead atoms. The van der Waals surface area contributed by atoms with E-state index in [0.29, 0.717) is 0 Å². The van der Waals surface area contributed by atoms with Crippen molar-refractivity contribution in [3.05, 3.63) is 35.9 Å². The van der Waals surface area contributed by atoms with Crippen LogP contribution in [0.5, 0.6) is 0 Å². The molecule has 0 saturated heterocycles. The second-order valence-corrected chi connectivity index (χ2v) is 5.55. The van der Waals surface area contributed by atoms with E-state index in [1.54, 1.807) is 0 Å². The van der Waals surface area contributed by atoms with Crippen molar-refractivity contribution < 1.29 is 9.53 Å². The van der Waals surface area contributed by atoms with E-state index in [2.05, 4.69) is 5.32 Å². The summed E-state index contributed by atoms with van der Waals surface area (Å²) in [7, 11) is 0. The molecule has 1 unspecified atom stereocenters. The number of rotatable bonds is 4. The van der Waals surface area contributed by atoms with Gasteiger partial charge in [0, 0.05) is 6.04 Å². The number of ether oxygens (including phenoxy) is 1. The molecule has 2 atom stereocenters. The van der Waals surface area contributed by atoms with Crippen LogP contribution in [0.3, 0.4) is 0 Å². The Morgan fingerprint density at radius 3 is 2.22 bits per heavy atom. The Labute approximate surface area is 110 Å². The van der Waals surface area contributed by atoms with E-state index in [1.165, 1.54) is 0 Å². The lowest BCUT2D eigenvalue weighted by atomic mass is 10.1. The van der Waals surface area contributed by atoms with E-state index in [1.807, 2.05) is 65.0 Å². The number of hydrogen-bond donors (Lipinski definition) is 1. The molecule has 1 aromatic carbocycles. The SMILES string of the molecule is CC(N[C@@H](C)c1ccccc1)C(=O)OC(C)(C)C. The van der Waals surface area contributed by atoms with Crippen molar-refractivity contribution in [2.75, 3.05) is 0 Å². The maximum atomic E-state index is 11.8. The van der Waals surface area contributed by atoms with Gasteiger partial charge in [-0.2, -0.15) is 0 Å². The Bertz CT molecular complexity index is 381. The minimum atomic E-state index is -0.441. The van der Waals surface area contributed by atoms with Crippen molar-refractivity contribution in [1.82, 2.24) is 5.32 Å². The number of carbonyl (C=O) groups is 1. The van der Waals surface area contributed by atoms with Crippen LogP contribution in [0.25, 0.3) is 0 Å². The van der Waals surface area contributed by atoms with E-state index >= 15 is 0 Å². The number of carbonyl (C=O) groups excluding carboxylic acids is 1. The van der Waals surface area contributed by atoms with Gasteiger partial charge in [-0.15, -0.1) is 0 Å². The molecule has 0 heterocycles. The molecule has 0 fully saturated rings. The van der Waals surface area contributed by atoms with Crippen molar-refractivity contribution in [2.45, 2.75) is 52.3 Å². The molecule has 0 saturated carbocycles. The molecular formula is C15H23NO2. The minimum absolute atomic E-state index is 0.119. The summed E-state index contributed by atoms with van der Waals surface area (Å²) in [5.74, 6) is -0.217. The van der Waals surface area contributed by atoms with Crippen molar-refractivity contribution >= 4 is 5.97 Å². The summed E-state index contributed by atoms with van der Waals surface area (Å²) in [5.41, 5.74) is 0.719. The highest BCUT2D eigenvalue weighted by molar-refractivity contribution is 5.75.